The van der Waals surface area contributed by atoms with Crippen LogP contribution in [-0.4, -0.2) is 28.2 Å². The normalized spacial score (nSPS) is 10.3. The number of rotatable bonds is 6. The zero-order valence-electron chi connectivity index (χ0n) is 14.7. The molecule has 0 radical (unpaired) electrons. The van der Waals surface area contributed by atoms with Crippen molar-refractivity contribution in [2.75, 3.05) is 17.7 Å². The molecule has 0 atom stereocenters. The van der Waals surface area contributed by atoms with Crippen LogP contribution in [-0.2, 0) is 0 Å². The Labute approximate surface area is 161 Å². The van der Waals surface area contributed by atoms with Crippen molar-refractivity contribution < 1.29 is 14.6 Å². The molecule has 0 aliphatic heterocycles. The number of hydrogen-bond donors (Lipinski definition) is 3. The van der Waals surface area contributed by atoms with Crippen LogP contribution in [0.3, 0.4) is 0 Å². The smallest absolute Gasteiger partial charge is 0.337 e. The molecule has 1 aromatic heterocycles. The molecule has 138 valence electrons. The molecular weight excluding hydrogens is 368 g/mol. The highest BCUT2D eigenvalue weighted by atomic mass is 35.5. The van der Waals surface area contributed by atoms with E-state index in [4.69, 9.17) is 16.3 Å². The van der Waals surface area contributed by atoms with Crippen LogP contribution in [0, 0.1) is 6.92 Å². The molecule has 0 saturated carbocycles. The number of nitrogens with zero attached hydrogens (tertiary/aromatic N) is 2. The molecule has 0 spiro atoms. The van der Waals surface area contributed by atoms with Gasteiger partial charge in [-0.2, -0.15) is 4.98 Å². The molecule has 1 heterocycles. The Morgan fingerprint density at radius 2 is 1.85 bits per heavy atom. The third-order valence-electron chi connectivity index (χ3n) is 3.68. The maximum absolute atomic E-state index is 11.4. The number of halogens is 1. The highest BCUT2D eigenvalue weighted by molar-refractivity contribution is 6.31. The van der Waals surface area contributed by atoms with Crippen LogP contribution in [0.4, 0.5) is 23.1 Å². The fraction of sp³-hybridized carbons (Fsp3) is 0.105. The Hall–Kier alpha value is -3.32. The molecule has 0 unspecified atom stereocenters. The van der Waals surface area contributed by atoms with Gasteiger partial charge in [-0.3, -0.25) is 0 Å². The Kier molecular flexibility index (Phi) is 5.42. The number of carboxylic acids is 1. The Bertz CT molecular complexity index is 994. The van der Waals surface area contributed by atoms with Gasteiger partial charge in [-0.1, -0.05) is 23.7 Å². The van der Waals surface area contributed by atoms with E-state index >= 15 is 0 Å². The number of aryl methyl sites for hydroxylation is 1. The monoisotopic (exact) mass is 384 g/mol. The van der Waals surface area contributed by atoms with Gasteiger partial charge in [-0.15, -0.1) is 0 Å². The summed E-state index contributed by atoms with van der Waals surface area (Å²) < 4.78 is 5.31. The summed E-state index contributed by atoms with van der Waals surface area (Å²) in [6.07, 6.45) is 0. The number of nitrogens with one attached hydrogen (secondary N) is 2. The van der Waals surface area contributed by atoms with Crippen molar-refractivity contribution in [1.82, 2.24) is 9.97 Å². The summed E-state index contributed by atoms with van der Waals surface area (Å²) in [7, 11) is 1.56. The quantitative estimate of drug-likeness (QED) is 0.570. The second-order valence-corrected chi connectivity index (χ2v) is 6.10. The Morgan fingerprint density at radius 3 is 2.59 bits per heavy atom. The first-order chi connectivity index (χ1) is 13.0. The van der Waals surface area contributed by atoms with Crippen LogP contribution in [0.2, 0.25) is 5.02 Å². The third-order valence-corrected chi connectivity index (χ3v) is 3.92. The number of carbonyl (C=O) groups is 1. The van der Waals surface area contributed by atoms with E-state index in [2.05, 4.69) is 20.6 Å². The summed E-state index contributed by atoms with van der Waals surface area (Å²) in [5.74, 6) is 0.353. The van der Waals surface area contributed by atoms with Gasteiger partial charge >= 0.3 is 5.97 Å². The third kappa shape index (κ3) is 4.45. The summed E-state index contributed by atoms with van der Waals surface area (Å²) >= 11 is 6.05. The van der Waals surface area contributed by atoms with Gasteiger partial charge in [0.1, 0.15) is 11.6 Å². The molecule has 0 aliphatic carbocycles. The topological polar surface area (TPSA) is 96.4 Å². The van der Waals surface area contributed by atoms with Gasteiger partial charge in [-0.25, -0.2) is 9.78 Å². The highest BCUT2D eigenvalue weighted by Crippen LogP contribution is 2.30. The van der Waals surface area contributed by atoms with Crippen LogP contribution in [0.1, 0.15) is 16.1 Å². The first-order valence-electron chi connectivity index (χ1n) is 8.02. The molecule has 0 fully saturated rings. The molecule has 0 saturated heterocycles. The highest BCUT2D eigenvalue weighted by Gasteiger charge is 2.12. The van der Waals surface area contributed by atoms with Gasteiger partial charge in [0, 0.05) is 16.8 Å². The van der Waals surface area contributed by atoms with Gasteiger partial charge < -0.3 is 20.5 Å². The van der Waals surface area contributed by atoms with Crippen molar-refractivity contribution in [1.29, 1.82) is 0 Å². The maximum Gasteiger partial charge on any atom is 0.337 e. The molecule has 0 bridgehead atoms. The SMILES string of the molecule is COc1ccc(Cl)cc1Nc1nc(C)cc(Nc2ccccc2C(=O)O)n1. The zero-order valence-corrected chi connectivity index (χ0v) is 15.4. The minimum Gasteiger partial charge on any atom is -0.495 e. The number of ether oxygens (including phenoxy) is 1. The van der Waals surface area contributed by atoms with Gasteiger partial charge in [0.15, 0.2) is 0 Å². The zero-order chi connectivity index (χ0) is 19.4. The largest absolute Gasteiger partial charge is 0.495 e. The van der Waals surface area contributed by atoms with Crippen LogP contribution >= 0.6 is 11.6 Å². The van der Waals surface area contributed by atoms with E-state index in [9.17, 15) is 9.90 Å². The van der Waals surface area contributed by atoms with E-state index < -0.39 is 5.97 Å². The number of para-hydroxylation sites is 1. The van der Waals surface area contributed by atoms with Crippen molar-refractivity contribution in [3.63, 3.8) is 0 Å². The molecule has 3 rings (SSSR count). The second-order valence-electron chi connectivity index (χ2n) is 5.66. The first kappa shape index (κ1) is 18.5. The molecule has 0 aliphatic rings. The van der Waals surface area contributed by atoms with Crippen LogP contribution in [0.25, 0.3) is 0 Å². The molecule has 8 heteroatoms. The summed E-state index contributed by atoms with van der Waals surface area (Å²) in [6.45, 7) is 1.82. The van der Waals surface area contributed by atoms with Gasteiger partial charge in [0.05, 0.1) is 24.0 Å². The van der Waals surface area contributed by atoms with Crippen molar-refractivity contribution in [3.8, 4) is 5.75 Å². The number of aromatic nitrogens is 2. The number of aromatic carboxylic acids is 1. The van der Waals surface area contributed by atoms with Gasteiger partial charge in [-0.05, 0) is 37.3 Å². The molecular formula is C19H17ClN4O3. The lowest BCUT2D eigenvalue weighted by atomic mass is 10.2. The van der Waals surface area contributed by atoms with Crippen molar-refractivity contribution >= 4 is 40.7 Å². The average molecular weight is 385 g/mol. The molecule has 7 nitrogen and oxygen atoms in total. The summed E-state index contributed by atoms with van der Waals surface area (Å²) in [5, 5.41) is 16.0. The van der Waals surface area contributed by atoms with E-state index in [0.717, 1.165) is 0 Å². The number of benzene rings is 2. The van der Waals surface area contributed by atoms with Gasteiger partial charge in [0.25, 0.3) is 0 Å². The van der Waals surface area contributed by atoms with Crippen molar-refractivity contribution in [3.05, 3.63) is 64.8 Å². The predicted octanol–water partition coefficient (Wildman–Crippen LogP) is 4.63. The molecule has 3 aromatic rings. The van der Waals surface area contributed by atoms with Gasteiger partial charge in [0.2, 0.25) is 5.95 Å². The lowest BCUT2D eigenvalue weighted by Gasteiger charge is -2.13. The molecule has 0 amide bonds. The fourth-order valence-corrected chi connectivity index (χ4v) is 2.68. The fourth-order valence-electron chi connectivity index (χ4n) is 2.50. The molecule has 3 N–H and O–H groups in total. The minimum absolute atomic E-state index is 0.153. The van der Waals surface area contributed by atoms with Crippen molar-refractivity contribution in [2.24, 2.45) is 0 Å². The lowest BCUT2D eigenvalue weighted by molar-refractivity contribution is 0.0698. The summed E-state index contributed by atoms with van der Waals surface area (Å²) in [5.41, 5.74) is 1.91. The average Bonchev–Trinajstić information content (AvgIpc) is 2.61. The van der Waals surface area contributed by atoms with Crippen molar-refractivity contribution in [2.45, 2.75) is 6.92 Å². The minimum atomic E-state index is -1.02. The van der Waals surface area contributed by atoms with E-state index in [1.807, 2.05) is 6.92 Å². The van der Waals surface area contributed by atoms with Crippen LogP contribution < -0.4 is 15.4 Å². The van der Waals surface area contributed by atoms with E-state index in [1.54, 1.807) is 49.6 Å². The second kappa shape index (κ2) is 7.92. The molecule has 2 aromatic carbocycles. The number of hydrogen-bond acceptors (Lipinski definition) is 6. The number of anilines is 4. The summed E-state index contributed by atoms with van der Waals surface area (Å²) in [6, 6.07) is 13.5. The lowest BCUT2D eigenvalue weighted by Crippen LogP contribution is -2.06. The first-order valence-corrected chi connectivity index (χ1v) is 8.39. The summed E-state index contributed by atoms with van der Waals surface area (Å²) in [4.78, 5) is 20.1. The number of carboxylic acid groups (broad SMARTS) is 1. The maximum atomic E-state index is 11.4. The standard InChI is InChI=1S/C19H17ClN4O3/c1-11-9-17(22-14-6-4-3-5-13(14)18(25)26)24-19(21-11)23-15-10-12(20)7-8-16(15)27-2/h3-10H,1-2H3,(H,25,26)(H2,21,22,23,24). The Morgan fingerprint density at radius 1 is 1.07 bits per heavy atom. The molecule has 27 heavy (non-hydrogen) atoms. The van der Waals surface area contributed by atoms with E-state index in [0.29, 0.717) is 39.6 Å². The number of methoxy groups -OCH3 is 1. The Balaban J connectivity index is 1.92. The van der Waals surface area contributed by atoms with Crippen LogP contribution in [0.15, 0.2) is 48.5 Å². The van der Waals surface area contributed by atoms with Crippen LogP contribution in [0.5, 0.6) is 5.75 Å². The predicted molar refractivity (Wildman–Crippen MR) is 105 cm³/mol. The van der Waals surface area contributed by atoms with E-state index in [-0.39, 0.29) is 5.56 Å². The van der Waals surface area contributed by atoms with E-state index in [1.165, 1.54) is 6.07 Å².